The zero-order chi connectivity index (χ0) is 20.6. The van der Waals surface area contributed by atoms with Gasteiger partial charge in [0.25, 0.3) is 0 Å². The number of benzene rings is 2. The van der Waals surface area contributed by atoms with Crippen LogP contribution >= 0.6 is 0 Å². The lowest BCUT2D eigenvalue weighted by atomic mass is 10.00. The highest BCUT2D eigenvalue weighted by Crippen LogP contribution is 2.37. The average molecular weight is 406 g/mol. The molecule has 146 valence electrons. The van der Waals surface area contributed by atoms with Crippen molar-refractivity contribution >= 4 is 32.2 Å². The molecule has 2 heterocycles. The Kier molecular flexibility index (Phi) is 4.63. The number of anilines is 2. The van der Waals surface area contributed by atoms with E-state index in [4.69, 9.17) is 0 Å². The third kappa shape index (κ3) is 3.74. The fraction of sp³-hybridized carbons (Fsp3) is 0.0952. The summed E-state index contributed by atoms with van der Waals surface area (Å²) >= 11 is 0. The van der Waals surface area contributed by atoms with Crippen LogP contribution in [0.1, 0.15) is 5.56 Å². The predicted octanol–water partition coefficient (Wildman–Crippen LogP) is 3.85. The van der Waals surface area contributed by atoms with Crippen LogP contribution in [0.25, 0.3) is 22.2 Å². The van der Waals surface area contributed by atoms with E-state index in [-0.39, 0.29) is 10.6 Å². The van der Waals surface area contributed by atoms with E-state index in [1.54, 1.807) is 24.5 Å². The minimum absolute atomic E-state index is 0.123. The van der Waals surface area contributed by atoms with E-state index in [1.165, 1.54) is 18.5 Å². The summed E-state index contributed by atoms with van der Waals surface area (Å²) in [5.74, 6) is 0.123. The topological polar surface area (TPSA) is 105 Å². The van der Waals surface area contributed by atoms with Gasteiger partial charge in [-0.1, -0.05) is 11.6 Å². The number of aryl methyl sites for hydroxylation is 1. The van der Waals surface area contributed by atoms with Crippen LogP contribution in [0.5, 0.6) is 5.75 Å². The number of nitrogens with one attached hydrogen (secondary N) is 1. The first-order valence-corrected chi connectivity index (χ1v) is 10.7. The number of phenols is 1. The van der Waals surface area contributed by atoms with Crippen molar-refractivity contribution in [2.24, 2.45) is 0 Å². The summed E-state index contributed by atoms with van der Waals surface area (Å²) in [5, 5.41) is 13.5. The minimum Gasteiger partial charge on any atom is -0.507 e. The minimum atomic E-state index is -3.44. The van der Waals surface area contributed by atoms with Gasteiger partial charge in [0, 0.05) is 41.7 Å². The van der Waals surface area contributed by atoms with Crippen LogP contribution < -0.4 is 5.32 Å². The van der Waals surface area contributed by atoms with Gasteiger partial charge in [-0.05, 0) is 37.3 Å². The van der Waals surface area contributed by atoms with Crippen LogP contribution in [0.2, 0.25) is 0 Å². The van der Waals surface area contributed by atoms with Crippen LogP contribution in [0, 0.1) is 6.92 Å². The average Bonchev–Trinajstić information content (AvgIpc) is 2.69. The van der Waals surface area contributed by atoms with Crippen molar-refractivity contribution in [3.63, 3.8) is 0 Å². The molecule has 0 saturated heterocycles. The van der Waals surface area contributed by atoms with Gasteiger partial charge in [-0.3, -0.25) is 15.0 Å². The van der Waals surface area contributed by atoms with Gasteiger partial charge in [-0.15, -0.1) is 0 Å². The maximum atomic E-state index is 12.1. The van der Waals surface area contributed by atoms with E-state index in [1.807, 2.05) is 25.1 Å². The van der Waals surface area contributed by atoms with Gasteiger partial charge in [0.15, 0.2) is 9.84 Å². The molecule has 4 rings (SSSR count). The van der Waals surface area contributed by atoms with E-state index in [0.717, 1.165) is 11.8 Å². The molecule has 0 fully saturated rings. The van der Waals surface area contributed by atoms with E-state index in [9.17, 15) is 13.5 Å². The molecule has 0 spiro atoms. The van der Waals surface area contributed by atoms with E-state index in [0.29, 0.717) is 33.5 Å². The smallest absolute Gasteiger partial charge is 0.177 e. The molecular formula is C21H18N4O3S. The summed E-state index contributed by atoms with van der Waals surface area (Å²) in [6.07, 6.45) is 7.22. The molecule has 0 saturated carbocycles. The zero-order valence-electron chi connectivity index (χ0n) is 15.8. The molecule has 0 aliphatic rings. The van der Waals surface area contributed by atoms with Crippen molar-refractivity contribution in [3.8, 4) is 16.9 Å². The number of aromatic hydroxyl groups is 1. The lowest BCUT2D eigenvalue weighted by molar-refractivity contribution is 0.477. The molecule has 0 amide bonds. The van der Waals surface area contributed by atoms with Crippen molar-refractivity contribution in [2.45, 2.75) is 11.8 Å². The van der Waals surface area contributed by atoms with E-state index < -0.39 is 9.84 Å². The first-order chi connectivity index (χ1) is 13.8. The number of nitrogens with zero attached hydrogens (tertiary/aromatic N) is 3. The molecule has 7 nitrogen and oxygen atoms in total. The molecule has 8 heteroatoms. The number of hydrogen-bond donors (Lipinski definition) is 2. The summed E-state index contributed by atoms with van der Waals surface area (Å²) in [5.41, 5.74) is 4.49. The summed E-state index contributed by atoms with van der Waals surface area (Å²) in [6.45, 7) is 1.94. The highest BCUT2D eigenvalue weighted by Gasteiger charge is 2.16. The quantitative estimate of drug-likeness (QED) is 0.530. The third-order valence-electron chi connectivity index (χ3n) is 4.48. The second kappa shape index (κ2) is 7.14. The fourth-order valence-corrected chi connectivity index (χ4v) is 3.98. The van der Waals surface area contributed by atoms with Gasteiger partial charge in [0.1, 0.15) is 5.75 Å². The van der Waals surface area contributed by atoms with Gasteiger partial charge in [0.05, 0.1) is 27.8 Å². The number of fused-ring (bicyclic) bond motifs is 1. The zero-order valence-corrected chi connectivity index (χ0v) is 16.6. The lowest BCUT2D eigenvalue weighted by Crippen LogP contribution is -2.03. The Morgan fingerprint density at radius 2 is 1.76 bits per heavy atom. The number of hydrogen-bond acceptors (Lipinski definition) is 7. The van der Waals surface area contributed by atoms with Crippen molar-refractivity contribution < 1.29 is 13.5 Å². The van der Waals surface area contributed by atoms with Crippen molar-refractivity contribution in [2.75, 3.05) is 11.6 Å². The lowest BCUT2D eigenvalue weighted by Gasteiger charge is -2.14. The van der Waals surface area contributed by atoms with Gasteiger partial charge >= 0.3 is 0 Å². The van der Waals surface area contributed by atoms with E-state index >= 15 is 0 Å². The molecule has 2 aromatic carbocycles. The standard InChI is InChI=1S/C21H18N4O3S/c1-13-3-4-19(26)15(9-13)16-10-14(11-17-21(16)24-8-7-23-17)25-18-12-22-6-5-20(18)29(2,27)28/h3-12,25-26H,1-2H3. The predicted molar refractivity (Wildman–Crippen MR) is 112 cm³/mol. The summed E-state index contributed by atoms with van der Waals surface area (Å²) in [7, 11) is -3.44. The SMILES string of the molecule is Cc1ccc(O)c(-c2cc(Nc3cnccc3S(C)(=O)=O)cc3nccnc23)c1. The highest BCUT2D eigenvalue weighted by molar-refractivity contribution is 7.90. The summed E-state index contributed by atoms with van der Waals surface area (Å²) < 4.78 is 24.2. The van der Waals surface area contributed by atoms with Crippen LogP contribution in [0.3, 0.4) is 0 Å². The molecule has 0 aliphatic heterocycles. The maximum Gasteiger partial charge on any atom is 0.177 e. The van der Waals surface area contributed by atoms with Gasteiger partial charge in [-0.25, -0.2) is 8.42 Å². The van der Waals surface area contributed by atoms with Crippen LogP contribution in [0.15, 0.2) is 66.1 Å². The summed E-state index contributed by atoms with van der Waals surface area (Å²) in [4.78, 5) is 13.0. The number of phenolic OH excluding ortho intramolecular Hbond substituents is 1. The number of pyridine rings is 1. The maximum absolute atomic E-state index is 12.1. The third-order valence-corrected chi connectivity index (χ3v) is 5.63. The number of aromatic nitrogens is 3. The number of rotatable bonds is 4. The molecule has 0 atom stereocenters. The first-order valence-electron chi connectivity index (χ1n) is 8.79. The Hall–Kier alpha value is -3.52. The molecule has 0 bridgehead atoms. The monoisotopic (exact) mass is 406 g/mol. The van der Waals surface area contributed by atoms with E-state index in [2.05, 4.69) is 20.3 Å². The van der Waals surface area contributed by atoms with Crippen LogP contribution in [-0.4, -0.2) is 34.7 Å². The molecule has 29 heavy (non-hydrogen) atoms. The number of sulfone groups is 1. The Labute approximate surface area is 168 Å². The molecule has 2 aromatic heterocycles. The molecular weight excluding hydrogens is 388 g/mol. The summed E-state index contributed by atoms with van der Waals surface area (Å²) in [6, 6.07) is 10.4. The highest BCUT2D eigenvalue weighted by atomic mass is 32.2. The Morgan fingerprint density at radius 3 is 2.55 bits per heavy atom. The normalized spacial score (nSPS) is 11.5. The van der Waals surface area contributed by atoms with Crippen molar-refractivity contribution in [1.29, 1.82) is 0 Å². The second-order valence-electron chi connectivity index (χ2n) is 6.74. The first kappa shape index (κ1) is 18.8. The van der Waals surface area contributed by atoms with Crippen molar-refractivity contribution in [1.82, 2.24) is 15.0 Å². The van der Waals surface area contributed by atoms with Crippen LogP contribution in [0.4, 0.5) is 11.4 Å². The molecule has 0 unspecified atom stereocenters. The second-order valence-corrected chi connectivity index (χ2v) is 8.72. The Bertz CT molecular complexity index is 1340. The van der Waals surface area contributed by atoms with Gasteiger partial charge in [0.2, 0.25) is 0 Å². The molecule has 0 aliphatic carbocycles. The Morgan fingerprint density at radius 1 is 0.966 bits per heavy atom. The molecule has 2 N–H and O–H groups in total. The van der Waals surface area contributed by atoms with Crippen molar-refractivity contribution in [3.05, 3.63) is 66.7 Å². The van der Waals surface area contributed by atoms with Gasteiger partial charge in [-0.2, -0.15) is 0 Å². The largest absolute Gasteiger partial charge is 0.507 e. The van der Waals surface area contributed by atoms with Gasteiger partial charge < -0.3 is 10.4 Å². The van der Waals surface area contributed by atoms with Crippen LogP contribution in [-0.2, 0) is 9.84 Å². The fourth-order valence-electron chi connectivity index (χ4n) is 3.17. The molecule has 4 aromatic rings. The molecule has 0 radical (unpaired) electrons. The Balaban J connectivity index is 1.92.